The van der Waals surface area contributed by atoms with Gasteiger partial charge in [-0.15, -0.1) is 0 Å². The summed E-state index contributed by atoms with van der Waals surface area (Å²) < 4.78 is 18.9. The minimum Gasteiger partial charge on any atom is -0.481 e. The van der Waals surface area contributed by atoms with E-state index in [9.17, 15) is 9.18 Å². The molecule has 0 fully saturated rings. The highest BCUT2D eigenvalue weighted by atomic mass is 35.5. The van der Waals surface area contributed by atoms with Crippen molar-refractivity contribution in [3.63, 3.8) is 0 Å². The van der Waals surface area contributed by atoms with Gasteiger partial charge >= 0.3 is 5.97 Å². The summed E-state index contributed by atoms with van der Waals surface area (Å²) in [6, 6.07) is 10.6. The lowest BCUT2D eigenvalue weighted by atomic mass is 10.0. The van der Waals surface area contributed by atoms with E-state index in [0.717, 1.165) is 6.07 Å². The number of hydrogen-bond donors (Lipinski definition) is 1. The monoisotopic (exact) mass is 294 g/mol. The van der Waals surface area contributed by atoms with Crippen LogP contribution in [0.4, 0.5) is 4.39 Å². The summed E-state index contributed by atoms with van der Waals surface area (Å²) in [7, 11) is 0. The Morgan fingerprint density at radius 3 is 2.45 bits per heavy atom. The number of benzene rings is 2. The van der Waals surface area contributed by atoms with Crippen molar-refractivity contribution in [2.45, 2.75) is 12.8 Å². The summed E-state index contributed by atoms with van der Waals surface area (Å²) in [6.45, 7) is 1.59. The zero-order valence-corrected chi connectivity index (χ0v) is 11.4. The number of rotatable bonds is 4. The fraction of sp³-hybridized carbons (Fsp3) is 0.133. The lowest BCUT2D eigenvalue weighted by Crippen LogP contribution is -2.06. The standard InChI is InChI=1S/C15H12ClFO3/c1-9(15(18)19)10-2-5-12(6-3-10)20-14-7-4-11(16)8-13(14)17/h2-9H,1H3,(H,18,19). The van der Waals surface area contributed by atoms with Crippen molar-refractivity contribution in [1.82, 2.24) is 0 Å². The molecule has 2 rings (SSSR count). The maximum atomic E-state index is 13.6. The molecule has 0 aliphatic heterocycles. The number of halogens is 2. The Morgan fingerprint density at radius 2 is 1.90 bits per heavy atom. The van der Waals surface area contributed by atoms with Crippen molar-refractivity contribution in [2.24, 2.45) is 0 Å². The summed E-state index contributed by atoms with van der Waals surface area (Å²) in [6.07, 6.45) is 0. The summed E-state index contributed by atoms with van der Waals surface area (Å²) in [5, 5.41) is 9.20. The normalized spacial score (nSPS) is 11.9. The third-order valence-electron chi connectivity index (χ3n) is 2.87. The lowest BCUT2D eigenvalue weighted by Gasteiger charge is -2.09. The van der Waals surface area contributed by atoms with E-state index in [0.29, 0.717) is 16.3 Å². The first-order valence-electron chi connectivity index (χ1n) is 5.93. The van der Waals surface area contributed by atoms with Gasteiger partial charge in [0, 0.05) is 5.02 Å². The molecule has 1 N–H and O–H groups in total. The molecule has 0 aliphatic rings. The fourth-order valence-corrected chi connectivity index (χ4v) is 1.81. The van der Waals surface area contributed by atoms with Gasteiger partial charge in [0.25, 0.3) is 0 Å². The molecule has 0 spiro atoms. The molecule has 0 heterocycles. The second-order valence-electron chi connectivity index (χ2n) is 4.31. The van der Waals surface area contributed by atoms with Crippen LogP contribution in [0.1, 0.15) is 18.4 Å². The zero-order valence-electron chi connectivity index (χ0n) is 10.6. The Bertz CT molecular complexity index is 626. The third kappa shape index (κ3) is 3.27. The van der Waals surface area contributed by atoms with Crippen molar-refractivity contribution in [3.05, 3.63) is 58.9 Å². The molecule has 2 aromatic rings. The number of hydrogen-bond acceptors (Lipinski definition) is 2. The molecule has 0 amide bonds. The maximum Gasteiger partial charge on any atom is 0.310 e. The Hall–Kier alpha value is -2.07. The van der Waals surface area contributed by atoms with Crippen molar-refractivity contribution < 1.29 is 19.0 Å². The molecule has 5 heteroatoms. The molecule has 0 radical (unpaired) electrons. The van der Waals surface area contributed by atoms with Gasteiger partial charge in [-0.1, -0.05) is 23.7 Å². The average Bonchev–Trinajstić information content (AvgIpc) is 2.42. The molecule has 2 aromatic carbocycles. The van der Waals surface area contributed by atoms with Gasteiger partial charge in [0.15, 0.2) is 11.6 Å². The Morgan fingerprint density at radius 1 is 1.25 bits per heavy atom. The minimum absolute atomic E-state index is 0.0634. The Kier molecular flexibility index (Phi) is 4.25. The first-order valence-corrected chi connectivity index (χ1v) is 6.31. The average molecular weight is 295 g/mol. The molecule has 0 saturated carbocycles. The molecule has 1 unspecified atom stereocenters. The molecular formula is C15H12ClFO3. The van der Waals surface area contributed by atoms with Crippen LogP contribution >= 0.6 is 11.6 Å². The predicted octanol–water partition coefficient (Wildman–Crippen LogP) is 4.46. The van der Waals surface area contributed by atoms with Gasteiger partial charge in [-0.2, -0.15) is 0 Å². The van der Waals surface area contributed by atoms with Crippen LogP contribution in [-0.2, 0) is 4.79 Å². The van der Waals surface area contributed by atoms with Crippen LogP contribution in [0.15, 0.2) is 42.5 Å². The molecule has 0 aliphatic carbocycles. The SMILES string of the molecule is CC(C(=O)O)c1ccc(Oc2ccc(Cl)cc2F)cc1. The third-order valence-corrected chi connectivity index (χ3v) is 3.11. The van der Waals surface area contributed by atoms with Crippen molar-refractivity contribution >= 4 is 17.6 Å². The quantitative estimate of drug-likeness (QED) is 0.905. The largest absolute Gasteiger partial charge is 0.481 e. The Balaban J connectivity index is 2.16. The first-order chi connectivity index (χ1) is 9.47. The molecular weight excluding hydrogens is 283 g/mol. The number of ether oxygens (including phenoxy) is 1. The van der Waals surface area contributed by atoms with E-state index in [-0.39, 0.29) is 5.75 Å². The van der Waals surface area contributed by atoms with E-state index in [2.05, 4.69) is 0 Å². The van der Waals surface area contributed by atoms with E-state index in [4.69, 9.17) is 21.4 Å². The highest BCUT2D eigenvalue weighted by molar-refractivity contribution is 6.30. The van der Waals surface area contributed by atoms with Gasteiger partial charge in [-0.25, -0.2) is 4.39 Å². The molecule has 0 saturated heterocycles. The van der Waals surface area contributed by atoms with Gasteiger partial charge < -0.3 is 9.84 Å². The van der Waals surface area contributed by atoms with Gasteiger partial charge in [0.2, 0.25) is 0 Å². The highest BCUT2D eigenvalue weighted by Crippen LogP contribution is 2.27. The van der Waals surface area contributed by atoms with Crippen LogP contribution in [-0.4, -0.2) is 11.1 Å². The van der Waals surface area contributed by atoms with Crippen LogP contribution in [0.3, 0.4) is 0 Å². The van der Waals surface area contributed by atoms with E-state index in [1.165, 1.54) is 12.1 Å². The van der Waals surface area contributed by atoms with Crippen molar-refractivity contribution in [2.75, 3.05) is 0 Å². The van der Waals surface area contributed by atoms with Gasteiger partial charge in [-0.3, -0.25) is 4.79 Å². The number of aliphatic carboxylic acids is 1. The molecule has 20 heavy (non-hydrogen) atoms. The van der Waals surface area contributed by atoms with Crippen LogP contribution in [0.5, 0.6) is 11.5 Å². The summed E-state index contributed by atoms with van der Waals surface area (Å²) >= 11 is 5.65. The topological polar surface area (TPSA) is 46.5 Å². The first kappa shape index (κ1) is 14.3. The lowest BCUT2D eigenvalue weighted by molar-refractivity contribution is -0.138. The van der Waals surface area contributed by atoms with Crippen molar-refractivity contribution in [3.8, 4) is 11.5 Å². The molecule has 3 nitrogen and oxygen atoms in total. The van der Waals surface area contributed by atoms with Gasteiger partial charge in [-0.05, 0) is 42.8 Å². The van der Waals surface area contributed by atoms with Crippen LogP contribution in [0, 0.1) is 5.82 Å². The van der Waals surface area contributed by atoms with Crippen LogP contribution < -0.4 is 4.74 Å². The summed E-state index contributed by atoms with van der Waals surface area (Å²) in [4.78, 5) is 10.9. The van der Waals surface area contributed by atoms with E-state index in [1.54, 1.807) is 31.2 Å². The van der Waals surface area contributed by atoms with Gasteiger partial charge in [0.1, 0.15) is 5.75 Å². The second-order valence-corrected chi connectivity index (χ2v) is 4.74. The smallest absolute Gasteiger partial charge is 0.310 e. The number of carboxylic acid groups (broad SMARTS) is 1. The van der Waals surface area contributed by atoms with Gasteiger partial charge in [0.05, 0.1) is 5.92 Å². The maximum absolute atomic E-state index is 13.6. The highest BCUT2D eigenvalue weighted by Gasteiger charge is 2.13. The fourth-order valence-electron chi connectivity index (χ4n) is 1.65. The van der Waals surface area contributed by atoms with Crippen LogP contribution in [0.25, 0.3) is 0 Å². The Labute approximate surface area is 120 Å². The van der Waals surface area contributed by atoms with Crippen molar-refractivity contribution in [1.29, 1.82) is 0 Å². The molecule has 0 bridgehead atoms. The summed E-state index contributed by atoms with van der Waals surface area (Å²) in [5.74, 6) is -1.57. The predicted molar refractivity (Wildman–Crippen MR) is 74.0 cm³/mol. The van der Waals surface area contributed by atoms with Crippen LogP contribution in [0.2, 0.25) is 5.02 Å². The molecule has 104 valence electrons. The summed E-state index contributed by atoms with van der Waals surface area (Å²) in [5.41, 5.74) is 0.654. The van der Waals surface area contributed by atoms with E-state index >= 15 is 0 Å². The second kappa shape index (κ2) is 5.92. The zero-order chi connectivity index (χ0) is 14.7. The number of carbonyl (C=O) groups is 1. The minimum atomic E-state index is -0.901. The van der Waals surface area contributed by atoms with E-state index < -0.39 is 17.7 Å². The molecule has 0 aromatic heterocycles. The van der Waals surface area contributed by atoms with E-state index in [1.807, 2.05) is 0 Å². The number of carboxylic acids is 1. The molecule has 1 atom stereocenters.